The number of fused-ring (bicyclic) bond motifs is 2. The minimum atomic E-state index is -4.03. The van der Waals surface area contributed by atoms with Crippen LogP contribution in [0, 0.1) is 17.1 Å². The van der Waals surface area contributed by atoms with Crippen LogP contribution in [-0.4, -0.2) is 110 Å². The number of piperidine rings is 3. The van der Waals surface area contributed by atoms with Gasteiger partial charge in [0.25, 0.3) is 5.56 Å². The highest BCUT2D eigenvalue weighted by atomic mass is 32.2. The SMILES string of the molecule is CCN(C)S(=O)(=O)Nc1ccc(F)c(Oc2ccc3ncn(-c4cnn(C5CCN(C(=O)CN6CCC(c7ccc8c(C9CCC(=O)NC9=O)cn(C)c8c7)CC6)CC5)c4)c(=O)c3c2)c1C#N. The van der Waals surface area contributed by atoms with Gasteiger partial charge in [0.2, 0.25) is 17.7 Å². The Labute approximate surface area is 385 Å². The van der Waals surface area contributed by atoms with Crippen LogP contribution < -0.4 is 20.3 Å². The van der Waals surface area contributed by atoms with E-state index in [4.69, 9.17) is 4.74 Å². The van der Waals surface area contributed by atoms with Crippen LogP contribution in [0.25, 0.3) is 27.5 Å². The van der Waals surface area contributed by atoms with Crippen molar-refractivity contribution in [2.75, 3.05) is 51.0 Å². The number of anilines is 1. The van der Waals surface area contributed by atoms with Gasteiger partial charge in [0.05, 0.1) is 47.0 Å². The van der Waals surface area contributed by atoms with E-state index in [-0.39, 0.29) is 58.6 Å². The third-order valence-electron chi connectivity index (χ3n) is 13.4. The summed E-state index contributed by atoms with van der Waals surface area (Å²) in [5.41, 5.74) is 3.10. The van der Waals surface area contributed by atoms with Gasteiger partial charge in [-0.1, -0.05) is 19.1 Å². The lowest BCUT2D eigenvalue weighted by molar-refractivity contribution is -0.135. The van der Waals surface area contributed by atoms with Gasteiger partial charge in [-0.2, -0.15) is 23.1 Å². The first kappa shape index (κ1) is 45.2. The predicted molar refractivity (Wildman–Crippen MR) is 246 cm³/mol. The van der Waals surface area contributed by atoms with E-state index in [9.17, 15) is 32.9 Å². The van der Waals surface area contributed by atoms with E-state index in [1.54, 1.807) is 19.3 Å². The van der Waals surface area contributed by atoms with E-state index >= 15 is 4.39 Å². The fourth-order valence-electron chi connectivity index (χ4n) is 9.41. The van der Waals surface area contributed by atoms with Crippen molar-refractivity contribution in [3.63, 3.8) is 0 Å². The first-order valence-electron chi connectivity index (χ1n) is 22.3. The molecule has 0 aliphatic carbocycles. The van der Waals surface area contributed by atoms with Crippen molar-refractivity contribution in [1.82, 2.24) is 43.3 Å². The number of ether oxygens (including phenoxy) is 1. The fraction of sp³-hybridized carbons (Fsp3) is 0.383. The molecule has 0 saturated carbocycles. The molecular weight excluding hydrogens is 882 g/mol. The second-order valence-electron chi connectivity index (χ2n) is 17.4. The first-order chi connectivity index (χ1) is 32.2. The number of benzene rings is 3. The fourth-order valence-corrected chi connectivity index (χ4v) is 10.4. The molecule has 20 heteroatoms. The summed E-state index contributed by atoms with van der Waals surface area (Å²) in [6, 6.07) is 14.8. The number of nitrogens with zero attached hydrogens (tertiary/aromatic N) is 9. The molecule has 2 N–H and O–H groups in total. The minimum absolute atomic E-state index is 0.00571. The van der Waals surface area contributed by atoms with Gasteiger partial charge in [-0.15, -0.1) is 0 Å². The van der Waals surface area contributed by atoms with Gasteiger partial charge in [0.15, 0.2) is 11.6 Å². The molecule has 0 radical (unpaired) electrons. The van der Waals surface area contributed by atoms with Crippen molar-refractivity contribution in [2.24, 2.45) is 7.05 Å². The number of aromatic nitrogens is 5. The van der Waals surface area contributed by atoms with Gasteiger partial charge in [-0.05, 0) is 98.6 Å². The number of hydrogen-bond acceptors (Lipinski definition) is 11. The second-order valence-corrected chi connectivity index (χ2v) is 19.2. The van der Waals surface area contributed by atoms with Crippen LogP contribution in [0.2, 0.25) is 0 Å². The van der Waals surface area contributed by atoms with Crippen molar-refractivity contribution >= 4 is 55.4 Å². The van der Waals surface area contributed by atoms with Gasteiger partial charge in [0.1, 0.15) is 23.7 Å². The molecule has 1 unspecified atom stereocenters. The summed E-state index contributed by atoms with van der Waals surface area (Å²) in [4.78, 5) is 60.3. The molecule has 6 aromatic rings. The van der Waals surface area contributed by atoms with Crippen LogP contribution in [0.4, 0.5) is 10.1 Å². The molecular formula is C47H50FN11O7S. The summed E-state index contributed by atoms with van der Waals surface area (Å²) >= 11 is 0. The summed E-state index contributed by atoms with van der Waals surface area (Å²) < 4.78 is 54.8. The Hall–Kier alpha value is -6.95. The largest absolute Gasteiger partial charge is 0.453 e. The monoisotopic (exact) mass is 931 g/mol. The standard InChI is InChI=1S/C47H50FN11O7S/c1-4-55(3)67(64,65)53-41-11-9-39(48)45(37(41)23-49)66-33-6-10-40-36(22-33)47(63)58(28-50-40)32-24-51-59(25-32)31-15-19-57(20-16-31)44(61)27-56-17-13-29(14-18-56)30-5-7-34-38(26-54(2)42(34)21-30)35-8-12-43(60)52-46(35)62/h5-7,9-11,21-22,24-26,28-29,31,35,53H,4,8,12-20,27H2,1-3H3,(H,52,60,62). The van der Waals surface area contributed by atoms with Crippen LogP contribution in [0.3, 0.4) is 0 Å². The number of hydrogen-bond donors (Lipinski definition) is 2. The molecule has 9 rings (SSSR count). The maximum atomic E-state index is 15.1. The number of rotatable bonds is 12. The highest BCUT2D eigenvalue weighted by Crippen LogP contribution is 2.37. The lowest BCUT2D eigenvalue weighted by Crippen LogP contribution is -2.46. The van der Waals surface area contributed by atoms with Gasteiger partial charge in [-0.25, -0.2) is 9.37 Å². The van der Waals surface area contributed by atoms with E-state index in [1.807, 2.05) is 28.9 Å². The number of nitriles is 1. The molecule has 3 aliphatic heterocycles. The van der Waals surface area contributed by atoms with E-state index < -0.39 is 27.3 Å². The zero-order valence-corrected chi connectivity index (χ0v) is 38.1. The molecule has 3 aromatic carbocycles. The number of aryl methyl sites for hydroxylation is 1. The molecule has 3 aliphatic rings. The van der Waals surface area contributed by atoms with Crippen LogP contribution in [0.15, 0.2) is 78.2 Å². The second kappa shape index (κ2) is 18.4. The summed E-state index contributed by atoms with van der Waals surface area (Å²) in [5, 5.41) is 18.2. The topological polar surface area (TPSA) is 210 Å². The van der Waals surface area contributed by atoms with Crippen molar-refractivity contribution < 1.29 is 31.9 Å². The Morgan fingerprint density at radius 2 is 1.78 bits per heavy atom. The third-order valence-corrected chi connectivity index (χ3v) is 15.0. The maximum Gasteiger partial charge on any atom is 0.301 e. The molecule has 0 spiro atoms. The lowest BCUT2D eigenvalue weighted by atomic mass is 9.87. The van der Waals surface area contributed by atoms with Gasteiger partial charge in [-0.3, -0.25) is 43.4 Å². The Morgan fingerprint density at radius 1 is 1.00 bits per heavy atom. The van der Waals surface area contributed by atoms with E-state index in [0.29, 0.717) is 62.4 Å². The number of carbonyl (C=O) groups excluding carboxylic acids is 3. The Bertz CT molecular complexity index is 3140. The number of carbonyl (C=O) groups is 3. The van der Waals surface area contributed by atoms with Crippen LogP contribution in [0.5, 0.6) is 11.5 Å². The van der Waals surface area contributed by atoms with E-state index in [2.05, 4.69) is 47.8 Å². The maximum absolute atomic E-state index is 15.1. The lowest BCUT2D eigenvalue weighted by Gasteiger charge is -2.36. The van der Waals surface area contributed by atoms with Gasteiger partial charge < -0.3 is 14.2 Å². The zero-order chi connectivity index (χ0) is 47.1. The molecule has 3 amide bonds. The molecule has 6 heterocycles. The van der Waals surface area contributed by atoms with Gasteiger partial charge in [0, 0.05) is 63.4 Å². The minimum Gasteiger partial charge on any atom is -0.453 e. The van der Waals surface area contributed by atoms with Crippen molar-refractivity contribution in [3.8, 4) is 23.3 Å². The Balaban J connectivity index is 0.799. The quantitative estimate of drug-likeness (QED) is 0.155. The summed E-state index contributed by atoms with van der Waals surface area (Å²) in [6.45, 7) is 4.93. The molecule has 3 fully saturated rings. The Kier molecular flexibility index (Phi) is 12.4. The zero-order valence-electron chi connectivity index (χ0n) is 37.3. The number of imide groups is 1. The number of amides is 3. The normalized spacial score (nSPS) is 17.9. The number of nitrogens with one attached hydrogen (secondary N) is 2. The Morgan fingerprint density at radius 3 is 2.51 bits per heavy atom. The molecule has 1 atom stereocenters. The van der Waals surface area contributed by atoms with Crippen LogP contribution in [-0.2, 0) is 31.6 Å². The summed E-state index contributed by atoms with van der Waals surface area (Å²) in [6.07, 6.45) is 10.8. The average Bonchev–Trinajstić information content (AvgIpc) is 3.95. The van der Waals surface area contributed by atoms with Crippen molar-refractivity contribution in [2.45, 2.75) is 63.3 Å². The van der Waals surface area contributed by atoms with Gasteiger partial charge >= 0.3 is 10.2 Å². The predicted octanol–water partition coefficient (Wildman–Crippen LogP) is 5.05. The molecule has 0 bridgehead atoms. The molecule has 3 aromatic heterocycles. The van der Waals surface area contributed by atoms with Crippen LogP contribution >= 0.6 is 0 Å². The third kappa shape index (κ3) is 9.01. The van der Waals surface area contributed by atoms with Crippen LogP contribution in [0.1, 0.15) is 80.0 Å². The van der Waals surface area contributed by atoms with Crippen molar-refractivity contribution in [1.29, 1.82) is 5.26 Å². The highest BCUT2D eigenvalue weighted by molar-refractivity contribution is 7.90. The van der Waals surface area contributed by atoms with Crippen molar-refractivity contribution in [3.05, 3.63) is 106 Å². The molecule has 67 heavy (non-hydrogen) atoms. The summed E-state index contributed by atoms with van der Waals surface area (Å²) in [5.74, 6) is -1.73. The number of halogens is 1. The highest BCUT2D eigenvalue weighted by Gasteiger charge is 2.32. The first-order valence-corrected chi connectivity index (χ1v) is 23.8. The summed E-state index contributed by atoms with van der Waals surface area (Å²) in [7, 11) is -0.687. The van der Waals surface area contributed by atoms with E-state index in [0.717, 1.165) is 58.8 Å². The van der Waals surface area contributed by atoms with E-state index in [1.165, 1.54) is 41.7 Å². The molecule has 3 saturated heterocycles. The number of likely N-dealkylation sites (tertiary alicyclic amines) is 2. The average molecular weight is 932 g/mol. The smallest absolute Gasteiger partial charge is 0.301 e. The molecule has 348 valence electrons. The molecule has 18 nitrogen and oxygen atoms in total.